The second kappa shape index (κ2) is 9.47. The van der Waals surface area contributed by atoms with E-state index in [1.165, 1.54) is 5.56 Å². The number of anilines is 2. The van der Waals surface area contributed by atoms with Crippen molar-refractivity contribution in [3.63, 3.8) is 0 Å². The molecule has 2 aliphatic heterocycles. The van der Waals surface area contributed by atoms with Gasteiger partial charge in [0.05, 0.1) is 6.54 Å². The van der Waals surface area contributed by atoms with Crippen molar-refractivity contribution >= 4 is 23.6 Å². The molecule has 2 aromatic rings. The highest BCUT2D eigenvalue weighted by atomic mass is 16.2. The van der Waals surface area contributed by atoms with Gasteiger partial charge in [0.2, 0.25) is 11.9 Å². The Morgan fingerprint density at radius 3 is 2.17 bits per heavy atom. The lowest BCUT2D eigenvalue weighted by Crippen LogP contribution is -2.48. The monoisotopic (exact) mass is 478 g/mol. The summed E-state index contributed by atoms with van der Waals surface area (Å²) in [6.45, 7) is 17.4. The van der Waals surface area contributed by atoms with Crippen LogP contribution in [0.15, 0.2) is 24.3 Å². The molecule has 1 N–H and O–H groups in total. The van der Waals surface area contributed by atoms with Gasteiger partial charge in [-0.2, -0.15) is 4.98 Å². The molecule has 0 radical (unpaired) electrons. The molecule has 0 bridgehead atoms. The van der Waals surface area contributed by atoms with E-state index in [0.29, 0.717) is 50.2 Å². The summed E-state index contributed by atoms with van der Waals surface area (Å²) in [7, 11) is 0. The van der Waals surface area contributed by atoms with Crippen LogP contribution >= 0.6 is 0 Å². The molecule has 2 aliphatic rings. The van der Waals surface area contributed by atoms with E-state index in [9.17, 15) is 9.59 Å². The smallest absolute Gasteiger partial charge is 0.273 e. The third-order valence-electron chi connectivity index (χ3n) is 7.05. The first kappa shape index (κ1) is 24.9. The minimum Gasteiger partial charge on any atom is -0.363 e. The van der Waals surface area contributed by atoms with E-state index in [0.717, 1.165) is 11.1 Å². The van der Waals surface area contributed by atoms with Crippen LogP contribution in [0, 0.1) is 0 Å². The lowest BCUT2D eigenvalue weighted by atomic mass is 9.86. The molecule has 1 aromatic heterocycles. The maximum Gasteiger partial charge on any atom is 0.273 e. The highest BCUT2D eigenvalue weighted by molar-refractivity contribution is 5.98. The average Bonchev–Trinajstić information content (AvgIpc) is 3.15. The van der Waals surface area contributed by atoms with Crippen molar-refractivity contribution in [2.24, 2.45) is 0 Å². The number of benzene rings is 1. The minimum atomic E-state index is -0.0498. The van der Waals surface area contributed by atoms with Gasteiger partial charge in [-0.3, -0.25) is 9.59 Å². The summed E-state index contributed by atoms with van der Waals surface area (Å²) in [4.78, 5) is 40.3. The maximum atomic E-state index is 13.2. The number of carbonyl (C=O) groups excluding carboxylic acids is 2. The second-order valence-corrected chi connectivity index (χ2v) is 11.0. The van der Waals surface area contributed by atoms with Crippen LogP contribution in [0.4, 0.5) is 11.8 Å². The SMILES string of the molecule is CC(=O)N1CCN(c2nc(NC(C)c3ccc(C(C)(C)C)cc3)c3c(n2)C(=O)N(C(C)C)C3)CC1. The highest BCUT2D eigenvalue weighted by Crippen LogP contribution is 2.33. The van der Waals surface area contributed by atoms with Crippen LogP contribution < -0.4 is 10.2 Å². The Morgan fingerprint density at radius 1 is 1.00 bits per heavy atom. The first-order valence-electron chi connectivity index (χ1n) is 12.5. The van der Waals surface area contributed by atoms with Crippen LogP contribution in [0.5, 0.6) is 0 Å². The molecule has 1 saturated heterocycles. The molecule has 2 amide bonds. The zero-order valence-electron chi connectivity index (χ0n) is 22.1. The molecule has 3 heterocycles. The van der Waals surface area contributed by atoms with Crippen LogP contribution in [0.1, 0.15) is 81.7 Å². The van der Waals surface area contributed by atoms with Crippen molar-refractivity contribution in [3.8, 4) is 0 Å². The van der Waals surface area contributed by atoms with Gasteiger partial charge in [-0.1, -0.05) is 45.0 Å². The molecule has 8 heteroatoms. The van der Waals surface area contributed by atoms with E-state index in [4.69, 9.17) is 9.97 Å². The molecule has 1 aromatic carbocycles. The number of amides is 2. The zero-order valence-corrected chi connectivity index (χ0v) is 22.1. The fourth-order valence-corrected chi connectivity index (χ4v) is 4.64. The molecule has 188 valence electrons. The molecule has 35 heavy (non-hydrogen) atoms. The number of hydrogen-bond acceptors (Lipinski definition) is 6. The number of nitrogens with zero attached hydrogens (tertiary/aromatic N) is 5. The highest BCUT2D eigenvalue weighted by Gasteiger charge is 2.35. The fourth-order valence-electron chi connectivity index (χ4n) is 4.64. The zero-order chi connectivity index (χ0) is 25.5. The van der Waals surface area contributed by atoms with Crippen molar-refractivity contribution in [1.29, 1.82) is 0 Å². The van der Waals surface area contributed by atoms with E-state index in [1.54, 1.807) is 6.92 Å². The van der Waals surface area contributed by atoms with Gasteiger partial charge >= 0.3 is 0 Å². The van der Waals surface area contributed by atoms with E-state index in [1.807, 2.05) is 23.6 Å². The molecule has 4 rings (SSSR count). The van der Waals surface area contributed by atoms with E-state index in [-0.39, 0.29) is 29.3 Å². The molecule has 8 nitrogen and oxygen atoms in total. The predicted octanol–water partition coefficient (Wildman–Crippen LogP) is 3.98. The van der Waals surface area contributed by atoms with Crippen LogP contribution in [-0.2, 0) is 16.8 Å². The predicted molar refractivity (Wildman–Crippen MR) is 139 cm³/mol. The summed E-state index contributed by atoms with van der Waals surface area (Å²) in [5.74, 6) is 1.29. The van der Waals surface area contributed by atoms with Crippen molar-refractivity contribution in [2.45, 2.75) is 72.5 Å². The number of rotatable bonds is 5. The number of carbonyl (C=O) groups is 2. The number of hydrogen-bond donors (Lipinski definition) is 1. The second-order valence-electron chi connectivity index (χ2n) is 11.0. The number of fused-ring (bicyclic) bond motifs is 1. The largest absolute Gasteiger partial charge is 0.363 e. The lowest BCUT2D eigenvalue weighted by Gasteiger charge is -2.34. The summed E-state index contributed by atoms with van der Waals surface area (Å²) in [6, 6.07) is 8.77. The summed E-state index contributed by atoms with van der Waals surface area (Å²) in [5, 5.41) is 3.58. The Bertz CT molecular complexity index is 1100. The van der Waals surface area contributed by atoms with E-state index in [2.05, 4.69) is 62.2 Å². The van der Waals surface area contributed by atoms with Gasteiger partial charge in [-0.05, 0) is 37.3 Å². The Morgan fingerprint density at radius 2 is 1.63 bits per heavy atom. The van der Waals surface area contributed by atoms with Gasteiger partial charge in [0.15, 0.2) is 0 Å². The van der Waals surface area contributed by atoms with Crippen LogP contribution in [-0.4, -0.2) is 63.8 Å². The number of piperazine rings is 1. The van der Waals surface area contributed by atoms with Crippen molar-refractivity contribution < 1.29 is 9.59 Å². The molecule has 1 atom stereocenters. The van der Waals surface area contributed by atoms with Crippen molar-refractivity contribution in [3.05, 3.63) is 46.6 Å². The van der Waals surface area contributed by atoms with Gasteiger partial charge in [-0.25, -0.2) is 4.98 Å². The molecule has 0 aliphatic carbocycles. The standard InChI is InChI=1S/C27H38N6O2/c1-17(2)33-16-22-23(25(33)35)29-26(32-14-12-31(13-15-32)19(4)34)30-24(22)28-18(3)20-8-10-21(11-9-20)27(5,6)7/h8-11,17-18H,12-16H2,1-7H3,(H,28,29,30). The van der Waals surface area contributed by atoms with Crippen LogP contribution in [0.3, 0.4) is 0 Å². The lowest BCUT2D eigenvalue weighted by molar-refractivity contribution is -0.129. The first-order valence-corrected chi connectivity index (χ1v) is 12.5. The van der Waals surface area contributed by atoms with E-state index >= 15 is 0 Å². The Balaban J connectivity index is 1.63. The Hall–Kier alpha value is -3.16. The third-order valence-corrected chi connectivity index (χ3v) is 7.05. The number of nitrogens with one attached hydrogen (secondary N) is 1. The third kappa shape index (κ3) is 5.11. The minimum absolute atomic E-state index is 0.00799. The number of aromatic nitrogens is 2. The maximum absolute atomic E-state index is 13.2. The molecular formula is C27H38N6O2. The van der Waals surface area contributed by atoms with Gasteiger partial charge in [0, 0.05) is 50.7 Å². The van der Waals surface area contributed by atoms with Crippen LogP contribution in [0.25, 0.3) is 0 Å². The van der Waals surface area contributed by atoms with E-state index < -0.39 is 0 Å². The van der Waals surface area contributed by atoms with Gasteiger partial charge < -0.3 is 20.0 Å². The fraction of sp³-hybridized carbons (Fsp3) is 0.556. The first-order chi connectivity index (χ1) is 16.5. The quantitative estimate of drug-likeness (QED) is 0.700. The molecule has 0 spiro atoms. The van der Waals surface area contributed by atoms with Gasteiger partial charge in [-0.15, -0.1) is 0 Å². The van der Waals surface area contributed by atoms with Gasteiger partial charge in [0.1, 0.15) is 11.5 Å². The molecular weight excluding hydrogens is 440 g/mol. The summed E-state index contributed by atoms with van der Waals surface area (Å²) < 4.78 is 0. The average molecular weight is 479 g/mol. The van der Waals surface area contributed by atoms with Crippen molar-refractivity contribution in [2.75, 3.05) is 36.4 Å². The normalized spacial score (nSPS) is 17.1. The Kier molecular flexibility index (Phi) is 6.75. The summed E-state index contributed by atoms with van der Waals surface area (Å²) in [6.07, 6.45) is 0. The molecule has 1 fully saturated rings. The Labute approximate surface area is 208 Å². The van der Waals surface area contributed by atoms with Crippen LogP contribution in [0.2, 0.25) is 0 Å². The molecule has 1 unspecified atom stereocenters. The summed E-state index contributed by atoms with van der Waals surface area (Å²) in [5.41, 5.74) is 3.89. The topological polar surface area (TPSA) is 81.7 Å². The van der Waals surface area contributed by atoms with Crippen molar-refractivity contribution in [1.82, 2.24) is 19.8 Å². The summed E-state index contributed by atoms with van der Waals surface area (Å²) >= 11 is 0. The van der Waals surface area contributed by atoms with Gasteiger partial charge in [0.25, 0.3) is 5.91 Å². The molecule has 0 saturated carbocycles.